The summed E-state index contributed by atoms with van der Waals surface area (Å²) in [6, 6.07) is 3.02. The molecule has 1 heterocycles. The Hall–Kier alpha value is -2.42. The number of ether oxygens (including phenoxy) is 2. The number of phenolic OH excluding ortho intramolecular Hbond substituents is 1. The number of carbonyl (C=O) groups is 1. The van der Waals surface area contributed by atoms with E-state index in [9.17, 15) is 9.90 Å². The van der Waals surface area contributed by atoms with Gasteiger partial charge in [0.15, 0.2) is 22.3 Å². The highest BCUT2D eigenvalue weighted by molar-refractivity contribution is 6.46. The fourth-order valence-electron chi connectivity index (χ4n) is 1.91. The summed E-state index contributed by atoms with van der Waals surface area (Å²) in [5.74, 6) is -1.16. The number of phenols is 1. The number of methoxy groups -OCH3 is 2. The van der Waals surface area contributed by atoms with Crippen LogP contribution in [0.25, 0.3) is 0 Å². The van der Waals surface area contributed by atoms with Crippen LogP contribution in [0.3, 0.4) is 0 Å². The average Bonchev–Trinajstić information content (AvgIpc) is 2.61. The molecular weight excluding hydrogens is 409 g/mol. The molecule has 26 heavy (non-hydrogen) atoms. The molecule has 0 saturated carbocycles. The van der Waals surface area contributed by atoms with Gasteiger partial charge in [0.25, 0.3) is 0 Å². The molecule has 0 spiro atoms. The highest BCUT2D eigenvalue weighted by atomic mass is 35.5. The van der Waals surface area contributed by atoms with E-state index in [-0.39, 0.29) is 38.1 Å². The fraction of sp³-hybridized carbons (Fsp3) is 0.133. The van der Waals surface area contributed by atoms with Crippen LogP contribution < -0.4 is 14.9 Å². The number of hydrogen-bond donors (Lipinski definition) is 3. The van der Waals surface area contributed by atoms with Crippen LogP contribution in [0.1, 0.15) is 16.1 Å². The van der Waals surface area contributed by atoms with Gasteiger partial charge in [0.05, 0.1) is 26.1 Å². The third-order valence-electron chi connectivity index (χ3n) is 3.13. The molecule has 1 aromatic carbocycles. The topological polar surface area (TPSA) is 113 Å². The number of anilines is 1. The van der Waals surface area contributed by atoms with Crippen LogP contribution in [-0.4, -0.2) is 41.6 Å². The van der Waals surface area contributed by atoms with Crippen LogP contribution in [0.2, 0.25) is 15.2 Å². The van der Waals surface area contributed by atoms with Gasteiger partial charge in [-0.05, 0) is 12.1 Å². The van der Waals surface area contributed by atoms with Crippen LogP contribution in [-0.2, 0) is 0 Å². The van der Waals surface area contributed by atoms with Crippen LogP contribution >= 0.6 is 34.8 Å². The molecule has 3 N–H and O–H groups in total. The predicted octanol–water partition coefficient (Wildman–Crippen LogP) is 3.91. The van der Waals surface area contributed by atoms with Crippen molar-refractivity contribution < 1.29 is 24.5 Å². The highest BCUT2D eigenvalue weighted by Gasteiger charge is 2.20. The zero-order valence-corrected chi connectivity index (χ0v) is 15.6. The van der Waals surface area contributed by atoms with Crippen molar-refractivity contribution in [2.24, 2.45) is 5.10 Å². The molecule has 0 amide bonds. The summed E-state index contributed by atoms with van der Waals surface area (Å²) in [5.41, 5.74) is 2.56. The summed E-state index contributed by atoms with van der Waals surface area (Å²) in [5, 5.41) is 22.3. The standard InChI is InChI=1S/C15H12Cl3N3O5/c1-25-7-3-6(4-8(26-2)13(7)22)5-19-21-11-9(16)12(15(23)24)20-14(18)10(11)17/h3-5,22H,1-2H3,(H,20,21)(H,23,24). The SMILES string of the molecule is COc1cc(C=NNc2c(Cl)c(Cl)nc(C(=O)O)c2Cl)cc(OC)c1O. The molecule has 0 fully saturated rings. The smallest absolute Gasteiger partial charge is 0.356 e. The monoisotopic (exact) mass is 419 g/mol. The quantitative estimate of drug-likeness (QED) is 0.369. The summed E-state index contributed by atoms with van der Waals surface area (Å²) in [7, 11) is 2.78. The molecule has 0 aliphatic rings. The molecule has 138 valence electrons. The minimum atomic E-state index is -1.37. The maximum atomic E-state index is 11.1. The lowest BCUT2D eigenvalue weighted by molar-refractivity contribution is 0.0691. The Kier molecular flexibility index (Phi) is 6.36. The van der Waals surface area contributed by atoms with Gasteiger partial charge < -0.3 is 19.7 Å². The number of aromatic hydroxyl groups is 1. The third kappa shape index (κ3) is 4.04. The molecule has 1 aromatic heterocycles. The molecule has 8 nitrogen and oxygen atoms in total. The number of pyridine rings is 1. The van der Waals surface area contributed by atoms with Crippen molar-refractivity contribution in [2.45, 2.75) is 0 Å². The normalized spacial score (nSPS) is 10.8. The second-order valence-electron chi connectivity index (χ2n) is 4.70. The van der Waals surface area contributed by atoms with E-state index in [1.54, 1.807) is 0 Å². The van der Waals surface area contributed by atoms with Crippen LogP contribution in [0.5, 0.6) is 17.2 Å². The number of aromatic nitrogens is 1. The van der Waals surface area contributed by atoms with Gasteiger partial charge in [-0.3, -0.25) is 5.43 Å². The largest absolute Gasteiger partial charge is 0.502 e. The van der Waals surface area contributed by atoms with Gasteiger partial charge in [-0.15, -0.1) is 0 Å². The molecule has 0 bridgehead atoms. The first-order valence-corrected chi connectivity index (χ1v) is 7.95. The molecule has 0 unspecified atom stereocenters. The van der Waals surface area contributed by atoms with Crippen molar-refractivity contribution in [3.05, 3.63) is 38.6 Å². The van der Waals surface area contributed by atoms with Crippen LogP contribution in [0.4, 0.5) is 5.69 Å². The highest BCUT2D eigenvalue weighted by Crippen LogP contribution is 2.38. The van der Waals surface area contributed by atoms with Crippen LogP contribution in [0, 0.1) is 0 Å². The Morgan fingerprint density at radius 2 is 1.77 bits per heavy atom. The zero-order chi connectivity index (χ0) is 19.4. The lowest BCUT2D eigenvalue weighted by atomic mass is 10.2. The van der Waals surface area contributed by atoms with Crippen molar-refractivity contribution in [1.82, 2.24) is 4.98 Å². The van der Waals surface area contributed by atoms with E-state index >= 15 is 0 Å². The minimum absolute atomic E-state index is 0.0142. The van der Waals surface area contributed by atoms with Gasteiger partial charge in [0.2, 0.25) is 5.75 Å². The Morgan fingerprint density at radius 1 is 1.19 bits per heavy atom. The number of carboxylic acid groups (broad SMARTS) is 1. The van der Waals surface area contributed by atoms with E-state index in [1.807, 2.05) is 0 Å². The fourth-order valence-corrected chi connectivity index (χ4v) is 2.58. The molecule has 0 aliphatic heterocycles. The summed E-state index contributed by atoms with van der Waals surface area (Å²) in [6.07, 6.45) is 1.35. The second-order valence-corrected chi connectivity index (χ2v) is 5.82. The number of nitrogens with zero attached hydrogens (tertiary/aromatic N) is 2. The van der Waals surface area contributed by atoms with Crippen molar-refractivity contribution in [1.29, 1.82) is 0 Å². The molecule has 0 atom stereocenters. The Labute approximate surface area is 162 Å². The van der Waals surface area contributed by atoms with E-state index < -0.39 is 11.7 Å². The average molecular weight is 421 g/mol. The molecule has 0 saturated heterocycles. The van der Waals surface area contributed by atoms with E-state index in [4.69, 9.17) is 49.4 Å². The van der Waals surface area contributed by atoms with Gasteiger partial charge in [-0.25, -0.2) is 9.78 Å². The second kappa shape index (κ2) is 8.31. The van der Waals surface area contributed by atoms with E-state index in [2.05, 4.69) is 15.5 Å². The summed E-state index contributed by atoms with van der Waals surface area (Å²) < 4.78 is 10.1. The number of benzene rings is 1. The zero-order valence-electron chi connectivity index (χ0n) is 13.4. The molecule has 2 aromatic rings. The summed E-state index contributed by atoms with van der Waals surface area (Å²) in [4.78, 5) is 14.7. The lowest BCUT2D eigenvalue weighted by Gasteiger charge is -2.10. The molecular formula is C15H12Cl3N3O5. The number of nitrogens with one attached hydrogen (secondary N) is 1. The van der Waals surface area contributed by atoms with Crippen molar-refractivity contribution in [2.75, 3.05) is 19.6 Å². The van der Waals surface area contributed by atoms with Gasteiger partial charge in [-0.1, -0.05) is 34.8 Å². The van der Waals surface area contributed by atoms with Crippen molar-refractivity contribution >= 4 is 52.7 Å². The molecule has 11 heteroatoms. The summed E-state index contributed by atoms with van der Waals surface area (Å²) >= 11 is 17.8. The van der Waals surface area contributed by atoms with Gasteiger partial charge in [-0.2, -0.15) is 5.10 Å². The molecule has 0 radical (unpaired) electrons. The summed E-state index contributed by atoms with van der Waals surface area (Å²) in [6.45, 7) is 0. The van der Waals surface area contributed by atoms with Crippen LogP contribution in [0.15, 0.2) is 17.2 Å². The first-order valence-electron chi connectivity index (χ1n) is 6.82. The Balaban J connectivity index is 2.36. The predicted molar refractivity (Wildman–Crippen MR) is 98.7 cm³/mol. The van der Waals surface area contributed by atoms with Gasteiger partial charge in [0, 0.05) is 5.56 Å². The Morgan fingerprint density at radius 3 is 2.27 bits per heavy atom. The maximum absolute atomic E-state index is 11.1. The molecule has 2 rings (SSSR count). The first kappa shape index (κ1) is 19.9. The van der Waals surface area contributed by atoms with Gasteiger partial charge in [0.1, 0.15) is 10.0 Å². The van der Waals surface area contributed by atoms with E-state index in [0.717, 1.165) is 0 Å². The number of aromatic carboxylic acids is 1. The van der Waals surface area contributed by atoms with Gasteiger partial charge >= 0.3 is 5.97 Å². The van der Waals surface area contributed by atoms with E-state index in [0.29, 0.717) is 5.56 Å². The molecule has 0 aliphatic carbocycles. The number of carboxylic acids is 1. The maximum Gasteiger partial charge on any atom is 0.356 e. The number of hydrazone groups is 1. The number of halogens is 3. The number of hydrogen-bond acceptors (Lipinski definition) is 7. The van der Waals surface area contributed by atoms with E-state index in [1.165, 1.54) is 32.6 Å². The van der Waals surface area contributed by atoms with Crippen molar-refractivity contribution in [3.63, 3.8) is 0 Å². The Bertz CT molecular complexity index is 864. The van der Waals surface area contributed by atoms with Crippen molar-refractivity contribution in [3.8, 4) is 17.2 Å². The minimum Gasteiger partial charge on any atom is -0.502 e. The lowest BCUT2D eigenvalue weighted by Crippen LogP contribution is -2.05. The first-order chi connectivity index (χ1) is 12.3. The number of rotatable bonds is 6. The third-order valence-corrected chi connectivity index (χ3v) is 4.24.